The number of sulfone groups is 1. The van der Waals surface area contributed by atoms with Crippen molar-refractivity contribution in [2.45, 2.75) is 53.4 Å². The second-order valence-corrected chi connectivity index (χ2v) is 16.5. The zero-order valence-electron chi connectivity index (χ0n) is 26.9. The minimum atomic E-state index is -3.28. The zero-order chi connectivity index (χ0) is 34.2. The number of rotatable bonds is 7. The summed E-state index contributed by atoms with van der Waals surface area (Å²) in [7, 11) is -6.54. The zero-order valence-corrected chi connectivity index (χ0v) is 30.1. The van der Waals surface area contributed by atoms with Crippen molar-refractivity contribution in [2.24, 2.45) is 10.8 Å². The molecule has 0 saturated heterocycles. The number of carbonyl (C=O) groups is 1. The van der Waals surface area contributed by atoms with E-state index in [0.29, 0.717) is 21.0 Å². The Bertz CT molecular complexity index is 1460. The molecule has 3 aromatic rings. The summed E-state index contributed by atoms with van der Waals surface area (Å²) in [6, 6.07) is 16.0. The highest BCUT2D eigenvalue weighted by Gasteiger charge is 2.15. The molecule has 3 rings (SSSR count). The van der Waals surface area contributed by atoms with Crippen LogP contribution in [-0.2, 0) is 28.9 Å². The molecular weight excluding hydrogens is 645 g/mol. The maximum atomic E-state index is 12.3. The fraction of sp³-hybridized carbons (Fsp3) is 0.438. The normalized spacial score (nSPS) is 11.5. The summed E-state index contributed by atoms with van der Waals surface area (Å²) in [6.07, 6.45) is 5.66. The van der Waals surface area contributed by atoms with E-state index in [1.165, 1.54) is 30.3 Å². The van der Waals surface area contributed by atoms with Crippen molar-refractivity contribution in [3.8, 4) is 0 Å². The van der Waals surface area contributed by atoms with Gasteiger partial charge in [-0.1, -0.05) is 70.8 Å². The summed E-state index contributed by atoms with van der Waals surface area (Å²) in [4.78, 5) is 16.2. The third kappa shape index (κ3) is 21.4. The van der Waals surface area contributed by atoms with E-state index in [9.17, 15) is 21.6 Å². The van der Waals surface area contributed by atoms with Crippen LogP contribution in [0.25, 0.3) is 0 Å². The van der Waals surface area contributed by atoms with Gasteiger partial charge in [0.15, 0.2) is 15.6 Å². The van der Waals surface area contributed by atoms with Crippen LogP contribution in [0, 0.1) is 10.8 Å². The van der Waals surface area contributed by atoms with Gasteiger partial charge in [0, 0.05) is 41.4 Å². The lowest BCUT2D eigenvalue weighted by molar-refractivity contribution is 0.0805. The molecule has 246 valence electrons. The molecule has 8 nitrogen and oxygen atoms in total. The second-order valence-electron chi connectivity index (χ2n) is 12.0. The number of halogens is 2. The van der Waals surface area contributed by atoms with E-state index in [1.807, 2.05) is 45.9 Å². The Morgan fingerprint density at radius 1 is 0.795 bits per heavy atom. The van der Waals surface area contributed by atoms with Crippen molar-refractivity contribution in [1.82, 2.24) is 4.98 Å². The molecule has 0 saturated carbocycles. The summed E-state index contributed by atoms with van der Waals surface area (Å²) >= 11 is 11.8. The van der Waals surface area contributed by atoms with Crippen LogP contribution < -0.4 is 0 Å². The Kier molecular flexibility index (Phi) is 18.2. The molecule has 0 unspecified atom stereocenters. The summed E-state index contributed by atoms with van der Waals surface area (Å²) < 4.78 is 53.4. The van der Waals surface area contributed by atoms with Crippen LogP contribution in [0.5, 0.6) is 0 Å². The first kappa shape index (κ1) is 41.7. The number of ketones is 1. The van der Waals surface area contributed by atoms with E-state index < -0.39 is 20.0 Å². The largest absolute Gasteiger partial charge is 0.381 e. The molecular formula is C32H45Cl2NO7S2. The van der Waals surface area contributed by atoms with Crippen molar-refractivity contribution in [2.75, 3.05) is 32.3 Å². The standard InChI is InChI=1S/C14H10Cl2O3S.C7H16O.C6H14O3S.C5H5N/c1-20(18,19)11-5-2-9(3-6-11)14(17)12-8-10(15)4-7-13(12)16;1-5-8-6-7(2,3)4;1-6(2,3)5-9-10(4,7)8;1-2-4-6-5-3-1/h2-8H,1H3;5-6H2,1-4H3;5H2,1-4H3;1-5H. The number of aromatic nitrogens is 1. The predicted octanol–water partition coefficient (Wildman–Crippen LogP) is 7.79. The van der Waals surface area contributed by atoms with E-state index in [-0.39, 0.29) is 28.3 Å². The average molecular weight is 691 g/mol. The van der Waals surface area contributed by atoms with Gasteiger partial charge in [0.2, 0.25) is 0 Å². The van der Waals surface area contributed by atoms with Gasteiger partial charge in [-0.15, -0.1) is 0 Å². The summed E-state index contributed by atoms with van der Waals surface area (Å²) in [5.41, 5.74) is 0.867. The number of benzene rings is 2. The molecule has 0 fully saturated rings. The quantitative estimate of drug-likeness (QED) is 0.182. The minimum absolute atomic E-state index is 0.0942. The highest BCUT2D eigenvalue weighted by molar-refractivity contribution is 7.90. The molecule has 1 aromatic heterocycles. The van der Waals surface area contributed by atoms with Gasteiger partial charge in [0.25, 0.3) is 10.1 Å². The van der Waals surface area contributed by atoms with Crippen molar-refractivity contribution in [1.29, 1.82) is 0 Å². The smallest absolute Gasteiger partial charge is 0.264 e. The molecule has 0 aliphatic heterocycles. The van der Waals surface area contributed by atoms with Gasteiger partial charge in [-0.05, 0) is 72.4 Å². The fourth-order valence-corrected chi connectivity index (χ4v) is 4.26. The van der Waals surface area contributed by atoms with Crippen molar-refractivity contribution >= 4 is 48.9 Å². The molecule has 0 atom stereocenters. The summed E-state index contributed by atoms with van der Waals surface area (Å²) in [6.45, 7) is 16.2. The van der Waals surface area contributed by atoms with Crippen molar-refractivity contribution < 1.29 is 30.6 Å². The molecule has 0 aliphatic carbocycles. The molecule has 0 N–H and O–H groups in total. The monoisotopic (exact) mass is 689 g/mol. The van der Waals surface area contributed by atoms with Gasteiger partial charge in [-0.3, -0.25) is 14.0 Å². The summed E-state index contributed by atoms with van der Waals surface area (Å²) in [5.74, 6) is -0.308. The fourth-order valence-electron chi connectivity index (χ4n) is 2.69. The van der Waals surface area contributed by atoms with Crippen LogP contribution in [0.2, 0.25) is 10.0 Å². The van der Waals surface area contributed by atoms with Crippen molar-refractivity contribution in [3.63, 3.8) is 0 Å². The third-order valence-corrected chi connectivity index (χ3v) is 6.97. The average Bonchev–Trinajstić information content (AvgIpc) is 2.92. The molecule has 1 heterocycles. The molecule has 44 heavy (non-hydrogen) atoms. The van der Waals surface area contributed by atoms with Gasteiger partial charge < -0.3 is 4.74 Å². The molecule has 0 aliphatic rings. The molecule has 0 radical (unpaired) electrons. The number of carbonyl (C=O) groups excluding carboxylic acids is 1. The van der Waals surface area contributed by atoms with Crippen LogP contribution in [0.3, 0.4) is 0 Å². The van der Waals surface area contributed by atoms with E-state index in [2.05, 4.69) is 29.9 Å². The lowest BCUT2D eigenvalue weighted by Gasteiger charge is -2.16. The maximum Gasteiger partial charge on any atom is 0.264 e. The van der Waals surface area contributed by atoms with E-state index in [1.54, 1.807) is 24.5 Å². The number of hydrogen-bond donors (Lipinski definition) is 0. The Balaban J connectivity index is 0.000000642. The van der Waals surface area contributed by atoms with Gasteiger partial charge in [-0.2, -0.15) is 8.42 Å². The molecule has 12 heteroatoms. The number of pyridine rings is 1. The van der Waals surface area contributed by atoms with Crippen LogP contribution in [0.1, 0.15) is 64.4 Å². The van der Waals surface area contributed by atoms with Crippen LogP contribution in [0.4, 0.5) is 0 Å². The summed E-state index contributed by atoms with van der Waals surface area (Å²) in [5, 5.41) is 0.706. The first-order chi connectivity index (χ1) is 20.1. The Labute approximate surface area is 274 Å². The lowest BCUT2D eigenvalue weighted by Crippen LogP contribution is -2.17. The molecule has 2 aromatic carbocycles. The maximum absolute atomic E-state index is 12.3. The topological polar surface area (TPSA) is 117 Å². The minimum Gasteiger partial charge on any atom is -0.381 e. The number of nitrogens with zero attached hydrogens (tertiary/aromatic N) is 1. The van der Waals surface area contributed by atoms with Gasteiger partial charge in [-0.25, -0.2) is 8.42 Å². The molecule has 0 amide bonds. The molecule has 0 spiro atoms. The SMILES string of the molecule is CC(C)(C)COS(C)(=O)=O.CCOCC(C)(C)C.CS(=O)(=O)c1ccc(C(=O)c2cc(Cl)ccc2Cl)cc1.c1ccncc1. The third-order valence-electron chi connectivity index (χ3n) is 4.73. The van der Waals surface area contributed by atoms with Crippen molar-refractivity contribution in [3.05, 3.63) is 94.2 Å². The van der Waals surface area contributed by atoms with Crippen LogP contribution >= 0.6 is 23.2 Å². The van der Waals surface area contributed by atoms with E-state index in [0.717, 1.165) is 25.7 Å². The number of hydrogen-bond acceptors (Lipinski definition) is 8. The van der Waals surface area contributed by atoms with E-state index in [4.69, 9.17) is 27.9 Å². The second kappa shape index (κ2) is 19.2. The van der Waals surface area contributed by atoms with Gasteiger partial charge >= 0.3 is 0 Å². The molecule has 0 bridgehead atoms. The first-order valence-corrected chi connectivity index (χ1v) is 18.1. The Morgan fingerprint density at radius 3 is 1.64 bits per heavy atom. The van der Waals surface area contributed by atoms with Gasteiger partial charge in [0.1, 0.15) is 0 Å². The lowest BCUT2D eigenvalue weighted by atomic mass is 9.99. The predicted molar refractivity (Wildman–Crippen MR) is 180 cm³/mol. The number of ether oxygens (including phenoxy) is 1. The highest BCUT2D eigenvalue weighted by atomic mass is 35.5. The Morgan fingerprint density at radius 2 is 1.32 bits per heavy atom. The van der Waals surface area contributed by atoms with Gasteiger partial charge in [0.05, 0.1) is 29.4 Å². The Hall–Kier alpha value is -2.34. The highest BCUT2D eigenvalue weighted by Crippen LogP contribution is 2.24. The first-order valence-electron chi connectivity index (χ1n) is 13.6. The van der Waals surface area contributed by atoms with E-state index >= 15 is 0 Å². The van der Waals surface area contributed by atoms with Crippen LogP contribution in [0.15, 0.2) is 78.0 Å². The van der Waals surface area contributed by atoms with Crippen LogP contribution in [-0.4, -0.2) is 59.9 Å².